The Balaban J connectivity index is 2.24. The lowest BCUT2D eigenvalue weighted by Crippen LogP contribution is -1.84. The number of nitrogens with zero attached hydrogens (tertiary/aromatic N) is 1. The van der Waals surface area contributed by atoms with E-state index < -0.39 is 0 Å². The fraction of sp³-hybridized carbons (Fsp3) is 0. The van der Waals surface area contributed by atoms with Gasteiger partial charge in [0.25, 0.3) is 5.19 Å². The maximum absolute atomic E-state index is 5.55. The number of ether oxygens (including phenoxy) is 1. The Morgan fingerprint density at radius 2 is 2.15 bits per heavy atom. The zero-order chi connectivity index (χ0) is 9.10. The first-order chi connectivity index (χ1) is 6.36. The van der Waals surface area contributed by atoms with Gasteiger partial charge in [0.15, 0.2) is 0 Å². The predicted octanol–water partition coefficient (Wildman–Crippen LogP) is 3.54. The van der Waals surface area contributed by atoms with Crippen molar-refractivity contribution in [3.63, 3.8) is 0 Å². The zero-order valence-electron chi connectivity index (χ0n) is 6.61. The second kappa shape index (κ2) is 4.06. The number of thiazole rings is 1. The van der Waals surface area contributed by atoms with Crippen LogP contribution in [0.25, 0.3) is 0 Å². The van der Waals surface area contributed by atoms with Gasteiger partial charge < -0.3 is 4.74 Å². The van der Waals surface area contributed by atoms with Gasteiger partial charge in [-0.05, 0) is 34.7 Å². The van der Waals surface area contributed by atoms with Crippen molar-refractivity contribution in [2.24, 2.45) is 0 Å². The summed E-state index contributed by atoms with van der Waals surface area (Å²) in [6.45, 7) is 0. The Kier molecular flexibility index (Phi) is 2.80. The zero-order valence-corrected chi connectivity index (χ0v) is 9.58. The van der Waals surface area contributed by atoms with Gasteiger partial charge >= 0.3 is 0 Å². The molecular formula is C9H6INOS. The van der Waals surface area contributed by atoms with E-state index in [-0.39, 0.29) is 0 Å². The number of benzene rings is 1. The quantitative estimate of drug-likeness (QED) is 0.792. The van der Waals surface area contributed by atoms with Crippen LogP contribution in [0.2, 0.25) is 0 Å². The molecule has 66 valence electrons. The monoisotopic (exact) mass is 303 g/mol. The molecule has 2 nitrogen and oxygen atoms in total. The van der Waals surface area contributed by atoms with Crippen LogP contribution in [-0.2, 0) is 0 Å². The van der Waals surface area contributed by atoms with Crippen molar-refractivity contribution in [1.82, 2.24) is 4.98 Å². The molecule has 0 radical (unpaired) electrons. The molecule has 1 heterocycles. The van der Waals surface area contributed by atoms with Crippen molar-refractivity contribution >= 4 is 33.9 Å². The summed E-state index contributed by atoms with van der Waals surface area (Å²) < 4.78 is 6.64. The Morgan fingerprint density at radius 3 is 2.85 bits per heavy atom. The first-order valence-corrected chi connectivity index (χ1v) is 5.64. The lowest BCUT2D eigenvalue weighted by atomic mass is 10.3. The highest BCUT2D eigenvalue weighted by atomic mass is 127. The van der Waals surface area contributed by atoms with E-state index in [0.29, 0.717) is 5.19 Å². The van der Waals surface area contributed by atoms with Gasteiger partial charge in [0, 0.05) is 11.6 Å². The maximum Gasteiger partial charge on any atom is 0.278 e. The smallest absolute Gasteiger partial charge is 0.278 e. The summed E-state index contributed by atoms with van der Waals surface area (Å²) in [5.41, 5.74) is 0. The molecule has 0 fully saturated rings. The third kappa shape index (κ3) is 2.19. The molecule has 0 atom stereocenters. The van der Waals surface area contributed by atoms with Crippen LogP contribution in [0.5, 0.6) is 10.9 Å². The molecule has 0 N–H and O–H groups in total. The minimum atomic E-state index is 0.684. The highest BCUT2D eigenvalue weighted by molar-refractivity contribution is 14.1. The largest absolute Gasteiger partial charge is 0.430 e. The molecule has 0 amide bonds. The van der Waals surface area contributed by atoms with Gasteiger partial charge in [-0.25, -0.2) is 4.98 Å². The number of halogens is 1. The lowest BCUT2D eigenvalue weighted by Gasteiger charge is -2.02. The fourth-order valence-electron chi connectivity index (χ4n) is 0.882. The summed E-state index contributed by atoms with van der Waals surface area (Å²) >= 11 is 3.73. The summed E-state index contributed by atoms with van der Waals surface area (Å²) in [7, 11) is 0. The van der Waals surface area contributed by atoms with Crippen molar-refractivity contribution < 1.29 is 4.74 Å². The average molecular weight is 303 g/mol. The Bertz CT molecular complexity index is 388. The van der Waals surface area contributed by atoms with Crippen molar-refractivity contribution in [2.75, 3.05) is 0 Å². The third-order valence-electron chi connectivity index (χ3n) is 1.44. The molecule has 1 aromatic heterocycles. The number of rotatable bonds is 2. The first kappa shape index (κ1) is 8.96. The van der Waals surface area contributed by atoms with Crippen molar-refractivity contribution in [1.29, 1.82) is 0 Å². The van der Waals surface area contributed by atoms with Crippen molar-refractivity contribution in [3.05, 3.63) is 39.4 Å². The summed E-state index contributed by atoms with van der Waals surface area (Å²) in [6, 6.07) is 7.87. The first-order valence-electron chi connectivity index (χ1n) is 3.68. The number of para-hydroxylation sites is 1. The molecular weight excluding hydrogens is 297 g/mol. The maximum atomic E-state index is 5.55. The molecule has 1 aromatic carbocycles. The summed E-state index contributed by atoms with van der Waals surface area (Å²) in [6.07, 6.45) is 1.73. The lowest BCUT2D eigenvalue weighted by molar-refractivity contribution is 0.475. The van der Waals surface area contributed by atoms with Crippen LogP contribution in [0.3, 0.4) is 0 Å². The van der Waals surface area contributed by atoms with Gasteiger partial charge in [0.1, 0.15) is 5.75 Å². The van der Waals surface area contributed by atoms with E-state index in [0.717, 1.165) is 9.32 Å². The van der Waals surface area contributed by atoms with Gasteiger partial charge in [-0.3, -0.25) is 0 Å². The van der Waals surface area contributed by atoms with Crippen LogP contribution in [0.4, 0.5) is 0 Å². The summed E-state index contributed by atoms with van der Waals surface area (Å²) in [5, 5.41) is 2.58. The topological polar surface area (TPSA) is 22.1 Å². The van der Waals surface area contributed by atoms with Crippen molar-refractivity contribution in [3.8, 4) is 10.9 Å². The minimum absolute atomic E-state index is 0.684. The van der Waals surface area contributed by atoms with Gasteiger partial charge in [0.05, 0.1) is 3.57 Å². The fourth-order valence-corrected chi connectivity index (χ4v) is 1.88. The van der Waals surface area contributed by atoms with Crippen LogP contribution in [0, 0.1) is 3.57 Å². The van der Waals surface area contributed by atoms with Crippen LogP contribution >= 0.6 is 33.9 Å². The summed E-state index contributed by atoms with van der Waals surface area (Å²) in [5.74, 6) is 0.859. The van der Waals surface area contributed by atoms with Gasteiger partial charge in [-0.15, -0.1) is 0 Å². The third-order valence-corrected chi connectivity index (χ3v) is 2.98. The van der Waals surface area contributed by atoms with E-state index in [1.807, 2.05) is 29.6 Å². The van der Waals surface area contributed by atoms with Crippen LogP contribution in [-0.4, -0.2) is 4.98 Å². The Hall–Kier alpha value is -0.620. The molecule has 13 heavy (non-hydrogen) atoms. The van der Waals surface area contributed by atoms with E-state index >= 15 is 0 Å². The molecule has 0 unspecified atom stereocenters. The highest BCUT2D eigenvalue weighted by Gasteiger charge is 2.01. The SMILES string of the molecule is Ic1ccccc1Oc1nccs1. The Labute approximate surface area is 93.7 Å². The normalized spacial score (nSPS) is 9.92. The molecule has 0 saturated carbocycles. The Morgan fingerprint density at radius 1 is 1.31 bits per heavy atom. The molecule has 0 aliphatic heterocycles. The number of hydrogen-bond donors (Lipinski definition) is 0. The van der Waals surface area contributed by atoms with E-state index in [1.54, 1.807) is 6.20 Å². The molecule has 0 aliphatic rings. The molecule has 0 bridgehead atoms. The van der Waals surface area contributed by atoms with Crippen LogP contribution < -0.4 is 4.74 Å². The minimum Gasteiger partial charge on any atom is -0.430 e. The van der Waals surface area contributed by atoms with Crippen molar-refractivity contribution in [2.45, 2.75) is 0 Å². The molecule has 0 spiro atoms. The predicted molar refractivity (Wildman–Crippen MR) is 61.3 cm³/mol. The second-order valence-electron chi connectivity index (χ2n) is 2.33. The molecule has 2 aromatic rings. The van der Waals surface area contributed by atoms with Gasteiger partial charge in [0.2, 0.25) is 0 Å². The van der Waals surface area contributed by atoms with E-state index in [1.165, 1.54) is 11.3 Å². The standard InChI is InChI=1S/C9H6INOS/c10-7-3-1-2-4-8(7)12-9-11-5-6-13-9/h1-6H. The molecule has 0 saturated heterocycles. The molecule has 2 rings (SSSR count). The van der Waals surface area contributed by atoms with Gasteiger partial charge in [-0.1, -0.05) is 23.5 Å². The van der Waals surface area contributed by atoms with E-state index in [9.17, 15) is 0 Å². The average Bonchev–Trinajstić information content (AvgIpc) is 2.61. The number of hydrogen-bond acceptors (Lipinski definition) is 3. The second-order valence-corrected chi connectivity index (χ2v) is 4.35. The van der Waals surface area contributed by atoms with E-state index in [4.69, 9.17) is 4.74 Å². The summed E-state index contributed by atoms with van der Waals surface area (Å²) in [4.78, 5) is 4.05. The molecule has 0 aliphatic carbocycles. The molecule has 4 heteroatoms. The van der Waals surface area contributed by atoms with E-state index in [2.05, 4.69) is 27.6 Å². The van der Waals surface area contributed by atoms with Crippen LogP contribution in [0.15, 0.2) is 35.8 Å². The van der Waals surface area contributed by atoms with Gasteiger partial charge in [-0.2, -0.15) is 0 Å². The number of aromatic nitrogens is 1. The van der Waals surface area contributed by atoms with Crippen LogP contribution in [0.1, 0.15) is 0 Å². The highest BCUT2D eigenvalue weighted by Crippen LogP contribution is 2.27.